The van der Waals surface area contributed by atoms with Gasteiger partial charge in [-0.2, -0.15) is 0 Å². The number of fused-ring (bicyclic) bond motifs is 13. The first-order valence-electron chi connectivity index (χ1n) is 18.0. The van der Waals surface area contributed by atoms with Gasteiger partial charge in [0.2, 0.25) is 5.91 Å². The Balaban J connectivity index is 1.17. The number of hydrogen-bond acceptors (Lipinski definition) is 6. The summed E-state index contributed by atoms with van der Waals surface area (Å²) in [7, 11) is 3.53. The molecule has 1 fully saturated rings. The number of nitrogens with two attached hydrogens (primary N) is 1. The summed E-state index contributed by atoms with van der Waals surface area (Å²) in [6.07, 6.45) is 1.92. The lowest BCUT2D eigenvalue weighted by Crippen LogP contribution is -2.62. The fourth-order valence-electron chi connectivity index (χ4n) is 9.21. The quantitative estimate of drug-likeness (QED) is 0.172. The summed E-state index contributed by atoms with van der Waals surface area (Å²) in [4.78, 5) is 29.7. The number of amides is 2. The van der Waals surface area contributed by atoms with E-state index in [9.17, 15) is 9.59 Å². The molecule has 51 heavy (non-hydrogen) atoms. The van der Waals surface area contributed by atoms with Crippen LogP contribution < -0.4 is 15.8 Å². The number of methoxy groups -OCH3 is 1. The zero-order chi connectivity index (χ0) is 35.2. The van der Waals surface area contributed by atoms with E-state index in [1.165, 1.54) is 0 Å². The van der Waals surface area contributed by atoms with Gasteiger partial charge in [-0.1, -0.05) is 61.9 Å². The molecule has 0 spiro atoms. The summed E-state index contributed by atoms with van der Waals surface area (Å²) < 4.78 is 24.1. The minimum absolute atomic E-state index is 0.0587. The predicted octanol–water partition coefficient (Wildman–Crippen LogP) is 6.34. The second-order valence-electron chi connectivity index (χ2n) is 14.4. The van der Waals surface area contributed by atoms with E-state index in [0.29, 0.717) is 26.0 Å². The van der Waals surface area contributed by atoms with Gasteiger partial charge in [0.15, 0.2) is 5.72 Å². The summed E-state index contributed by atoms with van der Waals surface area (Å²) >= 11 is 0. The van der Waals surface area contributed by atoms with Crippen LogP contribution in [0.25, 0.3) is 43.6 Å². The maximum absolute atomic E-state index is 14.3. The number of unbranched alkanes of at least 4 members (excludes halogenated alkanes) is 1. The van der Waals surface area contributed by atoms with Crippen LogP contribution in [0.5, 0.6) is 5.75 Å². The summed E-state index contributed by atoms with van der Waals surface area (Å²) in [5.74, 6) is 0.595. The lowest BCUT2D eigenvalue weighted by Gasteiger charge is -2.50. The number of rotatable bonds is 9. The Hall–Kier alpha value is -4.90. The third-order valence-corrected chi connectivity index (χ3v) is 11.5. The van der Waals surface area contributed by atoms with E-state index >= 15 is 0 Å². The summed E-state index contributed by atoms with van der Waals surface area (Å²) in [5, 5.41) is 7.17. The molecule has 3 aliphatic rings. The minimum Gasteiger partial charge on any atom is -0.494 e. The Morgan fingerprint density at radius 1 is 1.04 bits per heavy atom. The van der Waals surface area contributed by atoms with E-state index in [1.807, 2.05) is 55.6 Å². The minimum atomic E-state index is -1.03. The van der Waals surface area contributed by atoms with Gasteiger partial charge >= 0.3 is 0 Å². The number of carbonyl (C=O) groups excluding carboxylic acids is 2. The van der Waals surface area contributed by atoms with Gasteiger partial charge in [0.05, 0.1) is 46.3 Å². The zero-order valence-electron chi connectivity index (χ0n) is 29.4. The third-order valence-electron chi connectivity index (χ3n) is 11.5. The van der Waals surface area contributed by atoms with E-state index in [4.69, 9.17) is 19.9 Å². The molecule has 4 aromatic carbocycles. The fraction of sp³-hybridized carbons (Fsp3) is 0.366. The maximum atomic E-state index is 14.3. The number of para-hydroxylation sites is 2. The molecule has 5 unspecified atom stereocenters. The third kappa shape index (κ3) is 4.52. The average molecular weight is 686 g/mol. The number of nitrogens with one attached hydrogen (secondary N) is 1. The highest BCUT2D eigenvalue weighted by Crippen LogP contribution is 2.54. The van der Waals surface area contributed by atoms with Crippen LogP contribution in [0.3, 0.4) is 0 Å². The lowest BCUT2D eigenvalue weighted by molar-refractivity contribution is -0.266. The predicted molar refractivity (Wildman–Crippen MR) is 198 cm³/mol. The van der Waals surface area contributed by atoms with Gasteiger partial charge in [-0.25, -0.2) is 0 Å². The molecule has 5 atom stereocenters. The van der Waals surface area contributed by atoms with Crippen molar-refractivity contribution in [3.63, 3.8) is 0 Å². The number of carbonyl (C=O) groups is 2. The molecule has 2 bridgehead atoms. The highest BCUT2D eigenvalue weighted by atomic mass is 16.6. The van der Waals surface area contributed by atoms with Crippen LogP contribution in [0.15, 0.2) is 72.8 Å². The zero-order valence-corrected chi connectivity index (χ0v) is 29.4. The Bertz CT molecular complexity index is 2380. The molecule has 0 aliphatic carbocycles. The number of hydrogen-bond donors (Lipinski definition) is 2. The molecule has 10 heteroatoms. The van der Waals surface area contributed by atoms with E-state index < -0.39 is 24.1 Å². The van der Waals surface area contributed by atoms with Gasteiger partial charge in [-0.15, -0.1) is 0 Å². The second-order valence-corrected chi connectivity index (χ2v) is 14.4. The Kier molecular flexibility index (Phi) is 7.43. The molecule has 0 saturated carbocycles. The lowest BCUT2D eigenvalue weighted by atomic mass is 9.91. The highest BCUT2D eigenvalue weighted by Gasteiger charge is 2.55. The van der Waals surface area contributed by atoms with Gasteiger partial charge < -0.3 is 39.3 Å². The summed E-state index contributed by atoms with van der Waals surface area (Å²) in [6, 6.07) is 23.3. The topological polar surface area (TPSA) is 113 Å². The molecule has 2 aromatic heterocycles. The molecule has 5 heterocycles. The van der Waals surface area contributed by atoms with Gasteiger partial charge in [0.1, 0.15) is 18.1 Å². The summed E-state index contributed by atoms with van der Waals surface area (Å²) in [5.41, 5.74) is 12.3. The highest BCUT2D eigenvalue weighted by molar-refractivity contribution is 6.31. The second kappa shape index (κ2) is 11.8. The molecule has 6 aromatic rings. The Labute approximate surface area is 296 Å². The van der Waals surface area contributed by atoms with Crippen molar-refractivity contribution in [2.75, 3.05) is 20.8 Å². The van der Waals surface area contributed by atoms with Crippen molar-refractivity contribution in [2.24, 2.45) is 5.73 Å². The van der Waals surface area contributed by atoms with Crippen molar-refractivity contribution in [1.29, 1.82) is 0 Å². The molecule has 0 radical (unpaired) electrons. The van der Waals surface area contributed by atoms with E-state index in [0.717, 1.165) is 78.9 Å². The van der Waals surface area contributed by atoms with Gasteiger partial charge in [-0.3, -0.25) is 9.59 Å². The van der Waals surface area contributed by atoms with E-state index in [2.05, 4.69) is 52.6 Å². The van der Waals surface area contributed by atoms with Crippen LogP contribution >= 0.6 is 0 Å². The smallest absolute Gasteiger partial charge is 0.252 e. The van der Waals surface area contributed by atoms with Crippen molar-refractivity contribution in [3.05, 3.63) is 89.5 Å². The van der Waals surface area contributed by atoms with Gasteiger partial charge in [-0.05, 0) is 55.2 Å². The Morgan fingerprint density at radius 2 is 1.75 bits per heavy atom. The number of benzene rings is 4. The van der Waals surface area contributed by atoms with Crippen LogP contribution in [0.1, 0.15) is 60.8 Å². The maximum Gasteiger partial charge on any atom is 0.252 e. The number of aromatic nitrogens is 2. The Morgan fingerprint density at radius 3 is 2.47 bits per heavy atom. The van der Waals surface area contributed by atoms with Crippen molar-refractivity contribution in [1.82, 2.24) is 19.4 Å². The summed E-state index contributed by atoms with van der Waals surface area (Å²) in [6.45, 7) is 5.35. The number of ether oxygens (including phenoxy) is 3. The molecule has 10 nitrogen and oxygen atoms in total. The molecule has 2 amide bonds. The van der Waals surface area contributed by atoms with Crippen molar-refractivity contribution < 1.29 is 23.8 Å². The molecule has 1 saturated heterocycles. The van der Waals surface area contributed by atoms with Crippen LogP contribution in [0.2, 0.25) is 0 Å². The number of likely N-dealkylation sites (N-methyl/N-ethyl adjacent to an activating group) is 1. The van der Waals surface area contributed by atoms with Crippen molar-refractivity contribution in [2.45, 2.75) is 76.2 Å². The van der Waals surface area contributed by atoms with E-state index in [1.54, 1.807) is 12.0 Å². The molecular formula is C41H43N5O5. The fourth-order valence-corrected chi connectivity index (χ4v) is 9.21. The van der Waals surface area contributed by atoms with Crippen LogP contribution in [-0.4, -0.2) is 64.8 Å². The average Bonchev–Trinajstić information content (AvgIpc) is 3.79. The first-order valence-corrected chi connectivity index (χ1v) is 18.0. The molecule has 9 rings (SSSR count). The number of nitrogens with zero attached hydrogens (tertiary/aromatic N) is 3. The molecular weight excluding hydrogens is 642 g/mol. The molecule has 3 aliphatic heterocycles. The first-order chi connectivity index (χ1) is 24.8. The van der Waals surface area contributed by atoms with Crippen molar-refractivity contribution >= 4 is 55.4 Å². The molecule has 3 N–H and O–H groups in total. The standard InChI is InChI=1S/C41H43N5O5/c1-5-6-19-50-24-17-15-23(16-18-24)20-28(42)40(48)44(3)31-21-32-45-29-13-9-7-11-25(29)34-35-27(22-43-39(35)47)33-26-12-8-10-14-30(26)46(37(33)36(34)45)41(2,51-32)38(31)49-4/h7-18,28,31-32,38H,5-6,19-22,42H2,1-4H3,(H,43,47). The van der Waals surface area contributed by atoms with Crippen LogP contribution in [-0.2, 0) is 33.0 Å². The van der Waals surface area contributed by atoms with Crippen molar-refractivity contribution in [3.8, 4) is 5.75 Å². The first kappa shape index (κ1) is 32.0. The van der Waals surface area contributed by atoms with Gasteiger partial charge in [0.25, 0.3) is 5.91 Å². The van der Waals surface area contributed by atoms with Gasteiger partial charge in [0, 0.05) is 48.7 Å². The monoisotopic (exact) mass is 685 g/mol. The van der Waals surface area contributed by atoms with Crippen LogP contribution in [0.4, 0.5) is 0 Å². The SMILES string of the molecule is CCCCOc1ccc(CC(N)C(=O)N(C)C2CC3OC(C)(C2OC)n2c4ccccc4c4c5c(c6c7ccccc7n3c6c42)C(=O)NC5)cc1. The van der Waals surface area contributed by atoms with Crippen LogP contribution in [0, 0.1) is 0 Å². The van der Waals surface area contributed by atoms with E-state index in [-0.39, 0.29) is 17.9 Å². The normalized spacial score (nSPS) is 22.8. The molecule has 262 valence electrons. The largest absolute Gasteiger partial charge is 0.494 e.